The molecule has 182 valence electrons. The molecule has 1 atom stereocenters. The zero-order valence-corrected chi connectivity index (χ0v) is 21.5. The smallest absolute Gasteiger partial charge is 0.319 e. The molecule has 2 N–H and O–H groups in total. The molecule has 0 saturated carbocycles. The lowest BCUT2D eigenvalue weighted by Gasteiger charge is -2.22. The van der Waals surface area contributed by atoms with Crippen LogP contribution in [0.1, 0.15) is 67.7 Å². The lowest BCUT2D eigenvalue weighted by Crippen LogP contribution is -2.33. The van der Waals surface area contributed by atoms with Gasteiger partial charge in [-0.25, -0.2) is 4.79 Å². The quantitative estimate of drug-likeness (QED) is 0.276. The van der Waals surface area contributed by atoms with Gasteiger partial charge in [-0.1, -0.05) is 94.4 Å². The van der Waals surface area contributed by atoms with E-state index in [1.807, 2.05) is 6.07 Å². The number of carbonyl (C=O) groups is 1. The number of carbonyl (C=O) groups excluding carboxylic acids is 1. The number of amides is 2. The average molecular weight is 468 g/mol. The van der Waals surface area contributed by atoms with E-state index in [-0.39, 0.29) is 11.9 Å². The zero-order valence-electron chi connectivity index (χ0n) is 21.5. The molecule has 3 aromatic carbocycles. The molecule has 0 fully saturated rings. The van der Waals surface area contributed by atoms with E-state index in [0.717, 1.165) is 12.1 Å². The number of benzene rings is 3. The molecule has 1 heterocycles. The first-order valence-electron chi connectivity index (χ1n) is 12.6. The van der Waals surface area contributed by atoms with Crippen molar-refractivity contribution >= 4 is 22.6 Å². The fourth-order valence-corrected chi connectivity index (χ4v) is 4.96. The molecule has 0 aliphatic heterocycles. The number of urea groups is 1. The molecule has 0 spiro atoms. The van der Waals surface area contributed by atoms with Crippen LogP contribution in [-0.4, -0.2) is 17.1 Å². The maximum Gasteiger partial charge on any atom is 0.319 e. The summed E-state index contributed by atoms with van der Waals surface area (Å²) in [5.74, 6) is 0.801. The molecular weight excluding hydrogens is 430 g/mol. The van der Waals surface area contributed by atoms with Gasteiger partial charge in [0.2, 0.25) is 0 Å². The maximum atomic E-state index is 13.2. The molecule has 0 aliphatic carbocycles. The average Bonchev–Trinajstić information content (AvgIpc) is 3.18. The molecule has 0 bridgehead atoms. The van der Waals surface area contributed by atoms with Crippen LogP contribution in [0.3, 0.4) is 0 Å². The highest BCUT2D eigenvalue weighted by molar-refractivity contribution is 5.91. The molecule has 4 aromatic rings. The van der Waals surface area contributed by atoms with Crippen LogP contribution in [0.4, 0.5) is 10.5 Å². The van der Waals surface area contributed by atoms with Gasteiger partial charge in [0.25, 0.3) is 0 Å². The third kappa shape index (κ3) is 5.59. The molecule has 1 aromatic heterocycles. The van der Waals surface area contributed by atoms with E-state index in [4.69, 9.17) is 0 Å². The molecule has 35 heavy (non-hydrogen) atoms. The van der Waals surface area contributed by atoms with Gasteiger partial charge in [-0.2, -0.15) is 0 Å². The van der Waals surface area contributed by atoms with Crippen molar-refractivity contribution in [2.24, 2.45) is 7.05 Å². The summed E-state index contributed by atoms with van der Waals surface area (Å²) >= 11 is 0. The van der Waals surface area contributed by atoms with Crippen LogP contribution in [-0.2, 0) is 13.5 Å². The standard InChI is InChI=1S/C31H37N3O/c1-21(2)25-15-11-16-26(22(3)4)30(25)33-31(35)32-19-24(18-23-12-7-6-8-13-23)28-20-34(5)29-17-10-9-14-27(28)29/h6-17,20-22,24H,18-19H2,1-5H3,(H2,32,33,35). The number of nitrogens with zero attached hydrogens (tertiary/aromatic N) is 1. The molecule has 0 saturated heterocycles. The molecular formula is C31H37N3O. The van der Waals surface area contributed by atoms with Gasteiger partial charge in [-0.15, -0.1) is 0 Å². The van der Waals surface area contributed by atoms with E-state index in [9.17, 15) is 4.79 Å². The Morgan fingerprint density at radius 2 is 1.43 bits per heavy atom. The topological polar surface area (TPSA) is 46.1 Å². The van der Waals surface area contributed by atoms with Crippen molar-refractivity contribution in [3.63, 3.8) is 0 Å². The number of anilines is 1. The van der Waals surface area contributed by atoms with Crippen molar-refractivity contribution in [3.05, 3.63) is 101 Å². The summed E-state index contributed by atoms with van der Waals surface area (Å²) < 4.78 is 2.18. The van der Waals surface area contributed by atoms with E-state index in [0.29, 0.717) is 18.4 Å². The number of rotatable bonds is 8. The van der Waals surface area contributed by atoms with Gasteiger partial charge in [0.1, 0.15) is 0 Å². The number of aryl methyl sites for hydroxylation is 1. The Bertz CT molecular complexity index is 1260. The predicted molar refractivity (Wildman–Crippen MR) is 147 cm³/mol. The minimum Gasteiger partial charge on any atom is -0.350 e. The molecule has 0 radical (unpaired) electrons. The van der Waals surface area contributed by atoms with Crippen molar-refractivity contribution in [2.45, 2.75) is 51.9 Å². The van der Waals surface area contributed by atoms with Crippen LogP contribution < -0.4 is 10.6 Å². The van der Waals surface area contributed by atoms with Crippen molar-refractivity contribution in [3.8, 4) is 0 Å². The summed E-state index contributed by atoms with van der Waals surface area (Å²) in [7, 11) is 2.09. The zero-order chi connectivity index (χ0) is 24.9. The van der Waals surface area contributed by atoms with Crippen LogP contribution in [0.15, 0.2) is 79.0 Å². The van der Waals surface area contributed by atoms with E-state index in [1.165, 1.54) is 33.2 Å². The highest BCUT2D eigenvalue weighted by Crippen LogP contribution is 2.33. The third-order valence-electron chi connectivity index (χ3n) is 6.81. The van der Waals surface area contributed by atoms with Crippen LogP contribution in [0.25, 0.3) is 10.9 Å². The van der Waals surface area contributed by atoms with Gasteiger partial charge in [0.15, 0.2) is 0 Å². The summed E-state index contributed by atoms with van der Waals surface area (Å²) in [6, 6.07) is 25.1. The summed E-state index contributed by atoms with van der Waals surface area (Å²) in [6.45, 7) is 9.21. The first kappa shape index (κ1) is 24.6. The molecule has 4 rings (SSSR count). The number of aromatic nitrogens is 1. The maximum absolute atomic E-state index is 13.2. The Labute approximate surface area is 209 Å². The largest absolute Gasteiger partial charge is 0.350 e. The van der Waals surface area contributed by atoms with Crippen molar-refractivity contribution in [1.82, 2.24) is 9.88 Å². The molecule has 1 unspecified atom stereocenters. The summed E-state index contributed by atoms with van der Waals surface area (Å²) in [6.07, 6.45) is 3.07. The van der Waals surface area contributed by atoms with Crippen molar-refractivity contribution in [2.75, 3.05) is 11.9 Å². The normalized spacial score (nSPS) is 12.3. The van der Waals surface area contributed by atoms with Crippen LogP contribution in [0.5, 0.6) is 0 Å². The first-order chi connectivity index (χ1) is 16.8. The van der Waals surface area contributed by atoms with E-state index in [1.54, 1.807) is 0 Å². The number of hydrogen-bond acceptors (Lipinski definition) is 1. The second kappa shape index (κ2) is 10.8. The monoisotopic (exact) mass is 467 g/mol. The van der Waals surface area contributed by atoms with Crippen LogP contribution in [0.2, 0.25) is 0 Å². The van der Waals surface area contributed by atoms with E-state index < -0.39 is 0 Å². The van der Waals surface area contributed by atoms with Gasteiger partial charge >= 0.3 is 6.03 Å². The highest BCUT2D eigenvalue weighted by atomic mass is 16.2. The SMILES string of the molecule is CC(C)c1cccc(C(C)C)c1NC(=O)NCC(Cc1ccccc1)c1cn(C)c2ccccc12. The summed E-state index contributed by atoms with van der Waals surface area (Å²) in [4.78, 5) is 13.2. The molecule has 0 aliphatic rings. The Morgan fingerprint density at radius 1 is 0.800 bits per heavy atom. The molecule has 4 nitrogen and oxygen atoms in total. The minimum atomic E-state index is -0.154. The molecule has 4 heteroatoms. The lowest BCUT2D eigenvalue weighted by atomic mass is 9.91. The van der Waals surface area contributed by atoms with Gasteiger partial charge in [0, 0.05) is 42.3 Å². The Hall–Kier alpha value is -3.53. The predicted octanol–water partition coefficient (Wildman–Crippen LogP) is 7.57. The minimum absolute atomic E-state index is 0.152. The summed E-state index contributed by atoms with van der Waals surface area (Å²) in [5.41, 5.74) is 7.01. The van der Waals surface area contributed by atoms with Crippen LogP contribution >= 0.6 is 0 Å². The first-order valence-corrected chi connectivity index (χ1v) is 12.6. The van der Waals surface area contributed by atoms with Gasteiger partial charge in [-0.3, -0.25) is 0 Å². The van der Waals surface area contributed by atoms with Gasteiger partial charge in [-0.05, 0) is 46.6 Å². The lowest BCUT2D eigenvalue weighted by molar-refractivity contribution is 0.251. The van der Waals surface area contributed by atoms with Crippen molar-refractivity contribution in [1.29, 1.82) is 0 Å². The highest BCUT2D eigenvalue weighted by Gasteiger charge is 2.20. The number of para-hydroxylation sites is 2. The molecule has 2 amide bonds. The second-order valence-electron chi connectivity index (χ2n) is 10.1. The number of hydrogen-bond donors (Lipinski definition) is 2. The van der Waals surface area contributed by atoms with Gasteiger partial charge in [0.05, 0.1) is 0 Å². The second-order valence-corrected chi connectivity index (χ2v) is 10.1. The Balaban J connectivity index is 1.59. The van der Waals surface area contributed by atoms with Gasteiger partial charge < -0.3 is 15.2 Å². The third-order valence-corrected chi connectivity index (χ3v) is 6.81. The summed E-state index contributed by atoms with van der Waals surface area (Å²) in [5, 5.41) is 7.64. The fourth-order valence-electron chi connectivity index (χ4n) is 4.96. The van der Waals surface area contributed by atoms with E-state index >= 15 is 0 Å². The number of fused-ring (bicyclic) bond motifs is 1. The van der Waals surface area contributed by atoms with Crippen LogP contribution in [0, 0.1) is 0 Å². The fraction of sp³-hybridized carbons (Fsp3) is 0.323. The van der Waals surface area contributed by atoms with E-state index in [2.05, 4.69) is 123 Å². The van der Waals surface area contributed by atoms with Crippen molar-refractivity contribution < 1.29 is 4.79 Å². The Kier molecular flexibility index (Phi) is 7.60. The number of nitrogens with one attached hydrogen (secondary N) is 2. The Morgan fingerprint density at radius 3 is 2.09 bits per heavy atom.